The molecule has 0 aromatic carbocycles. The van der Waals surface area contributed by atoms with E-state index in [0.717, 1.165) is 5.52 Å². The molecule has 0 unspecified atom stereocenters. The average Bonchev–Trinajstić information content (AvgIpc) is 2.45. The van der Waals surface area contributed by atoms with Gasteiger partial charge in [0.25, 0.3) is 0 Å². The van der Waals surface area contributed by atoms with Gasteiger partial charge in [-0.3, -0.25) is 0 Å². The molecule has 0 atom stereocenters. The summed E-state index contributed by atoms with van der Waals surface area (Å²) in [7, 11) is 0. The Labute approximate surface area is 76.6 Å². The summed E-state index contributed by atoms with van der Waals surface area (Å²) in [6.45, 7) is 6.18. The summed E-state index contributed by atoms with van der Waals surface area (Å²) in [5.74, 6) is 0. The lowest BCUT2D eigenvalue weighted by Crippen LogP contribution is -2.24. The maximum Gasteiger partial charge on any atom is 0.201 e. The van der Waals surface area contributed by atoms with E-state index in [1.165, 1.54) is 0 Å². The van der Waals surface area contributed by atoms with Crippen LogP contribution in [0.1, 0.15) is 20.8 Å². The van der Waals surface area contributed by atoms with Crippen LogP contribution in [0.15, 0.2) is 18.3 Å². The second kappa shape index (κ2) is 2.52. The standard InChI is InChI=1S/C9H12N4/c1-9(2,3)13-11-7-5-4-6-10-8(7)12-13/h4-6H,1-3H3. The number of rotatable bonds is 0. The van der Waals surface area contributed by atoms with Crippen molar-refractivity contribution in [3.63, 3.8) is 0 Å². The van der Waals surface area contributed by atoms with Crippen LogP contribution in [-0.4, -0.2) is 20.0 Å². The second-order valence-electron chi connectivity index (χ2n) is 4.01. The highest BCUT2D eigenvalue weighted by Crippen LogP contribution is 2.13. The summed E-state index contributed by atoms with van der Waals surface area (Å²) >= 11 is 0. The summed E-state index contributed by atoms with van der Waals surface area (Å²) in [6, 6.07) is 3.78. The molecule has 4 heteroatoms. The first-order valence-electron chi connectivity index (χ1n) is 4.26. The first-order valence-corrected chi connectivity index (χ1v) is 4.26. The van der Waals surface area contributed by atoms with Crippen molar-refractivity contribution in [2.24, 2.45) is 0 Å². The Morgan fingerprint density at radius 2 is 2.00 bits per heavy atom. The number of pyridine rings is 1. The van der Waals surface area contributed by atoms with E-state index in [-0.39, 0.29) is 5.54 Å². The maximum atomic E-state index is 4.33. The van der Waals surface area contributed by atoms with Crippen LogP contribution in [0.25, 0.3) is 11.2 Å². The third kappa shape index (κ3) is 1.39. The van der Waals surface area contributed by atoms with Crippen molar-refractivity contribution < 1.29 is 0 Å². The molecule has 2 heterocycles. The van der Waals surface area contributed by atoms with Gasteiger partial charge in [0, 0.05) is 6.20 Å². The minimum absolute atomic E-state index is 0.0826. The lowest BCUT2D eigenvalue weighted by molar-refractivity contribution is 0.315. The third-order valence-electron chi connectivity index (χ3n) is 1.76. The fourth-order valence-corrected chi connectivity index (χ4v) is 1.06. The normalized spacial score (nSPS) is 12.2. The van der Waals surface area contributed by atoms with Gasteiger partial charge in [0.05, 0.1) is 5.54 Å². The van der Waals surface area contributed by atoms with Crippen LogP contribution >= 0.6 is 0 Å². The summed E-state index contributed by atoms with van der Waals surface area (Å²) in [6.07, 6.45) is 1.73. The van der Waals surface area contributed by atoms with Crippen molar-refractivity contribution in [1.82, 2.24) is 20.0 Å². The molecule has 0 bridgehead atoms. The van der Waals surface area contributed by atoms with E-state index in [1.807, 2.05) is 12.1 Å². The predicted molar refractivity (Wildman–Crippen MR) is 50.3 cm³/mol. The topological polar surface area (TPSA) is 43.6 Å². The molecule has 0 N–H and O–H groups in total. The van der Waals surface area contributed by atoms with Crippen LogP contribution in [0.4, 0.5) is 0 Å². The molecule has 0 amide bonds. The third-order valence-corrected chi connectivity index (χ3v) is 1.76. The van der Waals surface area contributed by atoms with E-state index < -0.39 is 0 Å². The number of hydrogen-bond acceptors (Lipinski definition) is 3. The van der Waals surface area contributed by atoms with Crippen LogP contribution in [-0.2, 0) is 5.54 Å². The van der Waals surface area contributed by atoms with Crippen molar-refractivity contribution in [2.75, 3.05) is 0 Å². The molecule has 0 radical (unpaired) electrons. The van der Waals surface area contributed by atoms with Gasteiger partial charge in [-0.05, 0) is 32.9 Å². The molecular formula is C9H12N4. The van der Waals surface area contributed by atoms with Gasteiger partial charge in [0.15, 0.2) is 0 Å². The minimum atomic E-state index is -0.0826. The Morgan fingerprint density at radius 3 is 2.62 bits per heavy atom. The predicted octanol–water partition coefficient (Wildman–Crippen LogP) is 1.58. The maximum absolute atomic E-state index is 4.33. The summed E-state index contributed by atoms with van der Waals surface area (Å²) in [4.78, 5) is 5.82. The van der Waals surface area contributed by atoms with Crippen LogP contribution in [0, 0.1) is 0 Å². The van der Waals surface area contributed by atoms with Gasteiger partial charge in [-0.25, -0.2) is 4.98 Å². The zero-order valence-corrected chi connectivity index (χ0v) is 8.02. The molecule has 0 saturated heterocycles. The molecule has 2 aromatic rings. The quantitative estimate of drug-likeness (QED) is 0.612. The van der Waals surface area contributed by atoms with Crippen LogP contribution in [0.3, 0.4) is 0 Å². The van der Waals surface area contributed by atoms with E-state index in [2.05, 4.69) is 36.0 Å². The van der Waals surface area contributed by atoms with Crippen molar-refractivity contribution in [3.8, 4) is 0 Å². The van der Waals surface area contributed by atoms with Crippen molar-refractivity contribution in [1.29, 1.82) is 0 Å². The zero-order valence-electron chi connectivity index (χ0n) is 8.02. The van der Waals surface area contributed by atoms with Crippen LogP contribution < -0.4 is 0 Å². The van der Waals surface area contributed by atoms with Gasteiger partial charge in [-0.1, -0.05) is 0 Å². The van der Waals surface area contributed by atoms with Gasteiger partial charge in [-0.2, -0.15) is 9.90 Å². The van der Waals surface area contributed by atoms with Crippen molar-refractivity contribution >= 4 is 11.2 Å². The largest absolute Gasteiger partial charge is 0.234 e. The van der Waals surface area contributed by atoms with Gasteiger partial charge >= 0.3 is 0 Å². The Balaban J connectivity index is 2.63. The van der Waals surface area contributed by atoms with Crippen molar-refractivity contribution in [2.45, 2.75) is 26.3 Å². The van der Waals surface area contributed by atoms with Crippen LogP contribution in [0.5, 0.6) is 0 Å². The Kier molecular flexibility index (Phi) is 1.58. The highest BCUT2D eigenvalue weighted by Gasteiger charge is 2.16. The highest BCUT2D eigenvalue weighted by atomic mass is 15.5. The number of aromatic nitrogens is 4. The molecule has 13 heavy (non-hydrogen) atoms. The molecule has 0 aliphatic heterocycles. The van der Waals surface area contributed by atoms with Gasteiger partial charge in [0.2, 0.25) is 5.65 Å². The average molecular weight is 176 g/mol. The lowest BCUT2D eigenvalue weighted by atomic mass is 10.1. The fraction of sp³-hybridized carbons (Fsp3) is 0.444. The Hall–Kier alpha value is -1.45. The number of nitrogens with zero attached hydrogens (tertiary/aromatic N) is 4. The van der Waals surface area contributed by atoms with Gasteiger partial charge in [-0.15, -0.1) is 5.10 Å². The molecule has 4 nitrogen and oxygen atoms in total. The Morgan fingerprint density at radius 1 is 1.23 bits per heavy atom. The molecule has 0 fully saturated rings. The Bertz CT molecular complexity index is 391. The van der Waals surface area contributed by atoms with Gasteiger partial charge < -0.3 is 0 Å². The molecular weight excluding hydrogens is 164 g/mol. The lowest BCUT2D eigenvalue weighted by Gasteiger charge is -2.16. The van der Waals surface area contributed by atoms with E-state index in [9.17, 15) is 0 Å². The van der Waals surface area contributed by atoms with Crippen molar-refractivity contribution in [3.05, 3.63) is 18.3 Å². The number of fused-ring (bicyclic) bond motifs is 1. The summed E-state index contributed by atoms with van der Waals surface area (Å²) in [5, 5.41) is 8.61. The van der Waals surface area contributed by atoms with E-state index in [4.69, 9.17) is 0 Å². The number of hydrogen-bond donors (Lipinski definition) is 0. The van der Waals surface area contributed by atoms with E-state index in [0.29, 0.717) is 5.65 Å². The van der Waals surface area contributed by atoms with E-state index >= 15 is 0 Å². The van der Waals surface area contributed by atoms with Crippen LogP contribution in [0.2, 0.25) is 0 Å². The smallest absolute Gasteiger partial charge is 0.201 e. The highest BCUT2D eigenvalue weighted by molar-refractivity contribution is 5.67. The fourth-order valence-electron chi connectivity index (χ4n) is 1.06. The van der Waals surface area contributed by atoms with E-state index in [1.54, 1.807) is 11.0 Å². The summed E-state index contributed by atoms with van der Waals surface area (Å²) in [5.41, 5.74) is 1.47. The second-order valence-corrected chi connectivity index (χ2v) is 4.01. The minimum Gasteiger partial charge on any atom is -0.234 e. The molecule has 0 aliphatic carbocycles. The molecule has 2 rings (SSSR count). The van der Waals surface area contributed by atoms with Gasteiger partial charge in [0.1, 0.15) is 5.52 Å². The monoisotopic (exact) mass is 176 g/mol. The molecule has 0 aliphatic rings. The first kappa shape index (κ1) is 8.16. The zero-order chi connectivity index (χ0) is 9.47. The SMILES string of the molecule is CC(C)(C)n1nc2cccnc2n1. The molecule has 2 aromatic heterocycles. The first-order chi connectivity index (χ1) is 6.07. The summed E-state index contributed by atoms with van der Waals surface area (Å²) < 4.78 is 0. The molecule has 68 valence electrons. The molecule has 0 spiro atoms. The molecule has 0 saturated carbocycles.